The van der Waals surface area contributed by atoms with Gasteiger partial charge in [0.25, 0.3) is 0 Å². The molecule has 0 unspecified atom stereocenters. The van der Waals surface area contributed by atoms with E-state index in [1.165, 1.54) is 0 Å². The van der Waals surface area contributed by atoms with Gasteiger partial charge in [0, 0.05) is 38.6 Å². The number of methoxy groups -OCH3 is 2. The summed E-state index contributed by atoms with van der Waals surface area (Å²) in [6.45, 7) is 18.8. The molecule has 0 aliphatic carbocycles. The van der Waals surface area contributed by atoms with Crippen LogP contribution < -0.4 is 9.47 Å². The first-order valence-electron chi connectivity index (χ1n) is 12.7. The molecule has 0 aliphatic heterocycles. The van der Waals surface area contributed by atoms with Gasteiger partial charge in [0.05, 0.1) is 14.2 Å². The molecule has 1 heterocycles. The summed E-state index contributed by atoms with van der Waals surface area (Å²) in [6.07, 6.45) is 0. The van der Waals surface area contributed by atoms with E-state index in [4.69, 9.17) is 13.9 Å². The van der Waals surface area contributed by atoms with E-state index < -0.39 is 0 Å². The van der Waals surface area contributed by atoms with Crippen LogP contribution in [0.3, 0.4) is 0 Å². The van der Waals surface area contributed by atoms with Gasteiger partial charge in [-0.1, -0.05) is 62.3 Å². The minimum atomic E-state index is -0.330. The Morgan fingerprint density at radius 3 is 1.78 bits per heavy atom. The molecular formula is C32H40O5. The van der Waals surface area contributed by atoms with Gasteiger partial charge in [-0.05, 0) is 46.6 Å². The Hall–Kier alpha value is -3.34. The Balaban J connectivity index is 2.28. The van der Waals surface area contributed by atoms with Crippen LogP contribution in [0.2, 0.25) is 0 Å². The molecule has 0 fully saturated rings. The van der Waals surface area contributed by atoms with Crippen molar-refractivity contribution >= 4 is 21.9 Å². The highest BCUT2D eigenvalue weighted by Crippen LogP contribution is 2.52. The highest BCUT2D eigenvalue weighted by Gasteiger charge is 2.31. The molecule has 198 valence electrons. The summed E-state index contributed by atoms with van der Waals surface area (Å²) in [7, 11) is 3.26. The van der Waals surface area contributed by atoms with Gasteiger partial charge in [-0.3, -0.25) is 0 Å². The van der Waals surface area contributed by atoms with Crippen LogP contribution in [0.25, 0.3) is 33.1 Å². The SMILES string of the molecule is COc1cc(-c2c(OC)cc(C(C)(C)C)c3oc4cc(C(C)(C)C)c(O)cc4c23)c(O)c(C(C)(C)C)c1. The van der Waals surface area contributed by atoms with Crippen LogP contribution in [0, 0.1) is 0 Å². The number of fused-ring (bicyclic) bond motifs is 3. The fourth-order valence-corrected chi connectivity index (χ4v) is 5.04. The zero-order chi connectivity index (χ0) is 27.7. The summed E-state index contributed by atoms with van der Waals surface area (Å²) in [5.74, 6) is 1.63. The molecule has 0 spiro atoms. The summed E-state index contributed by atoms with van der Waals surface area (Å²) in [5.41, 5.74) is 4.39. The lowest BCUT2D eigenvalue weighted by Gasteiger charge is -2.25. The molecule has 5 heteroatoms. The van der Waals surface area contributed by atoms with Crippen LogP contribution in [0.1, 0.15) is 79.0 Å². The van der Waals surface area contributed by atoms with Gasteiger partial charge in [0.2, 0.25) is 0 Å². The van der Waals surface area contributed by atoms with Gasteiger partial charge < -0.3 is 24.1 Å². The lowest BCUT2D eigenvalue weighted by atomic mass is 9.81. The van der Waals surface area contributed by atoms with Crippen molar-refractivity contribution in [3.8, 4) is 34.1 Å². The average Bonchev–Trinajstić information content (AvgIpc) is 3.13. The molecule has 3 aromatic carbocycles. The maximum absolute atomic E-state index is 11.6. The highest BCUT2D eigenvalue weighted by atomic mass is 16.5. The molecule has 0 bridgehead atoms. The zero-order valence-electron chi connectivity index (χ0n) is 24.0. The zero-order valence-corrected chi connectivity index (χ0v) is 24.0. The smallest absolute Gasteiger partial charge is 0.140 e. The van der Waals surface area contributed by atoms with Crippen molar-refractivity contribution in [2.24, 2.45) is 0 Å². The third-order valence-corrected chi connectivity index (χ3v) is 7.06. The Morgan fingerprint density at radius 1 is 0.676 bits per heavy atom. The predicted octanol–water partition coefficient (Wildman–Crippen LogP) is 8.57. The number of phenols is 2. The topological polar surface area (TPSA) is 72.1 Å². The van der Waals surface area contributed by atoms with Gasteiger partial charge in [-0.2, -0.15) is 0 Å². The Bertz CT molecular complexity index is 1500. The highest BCUT2D eigenvalue weighted by molar-refractivity contribution is 6.16. The maximum Gasteiger partial charge on any atom is 0.140 e. The van der Waals surface area contributed by atoms with Crippen LogP contribution in [-0.4, -0.2) is 24.4 Å². The second-order valence-electron chi connectivity index (χ2n) is 13.0. The van der Waals surface area contributed by atoms with Crippen LogP contribution in [0.4, 0.5) is 0 Å². The van der Waals surface area contributed by atoms with Crippen LogP contribution in [0.15, 0.2) is 34.7 Å². The van der Waals surface area contributed by atoms with E-state index in [1.807, 2.05) is 24.3 Å². The molecule has 0 amide bonds. The molecule has 0 saturated carbocycles. The van der Waals surface area contributed by atoms with Crippen LogP contribution in [0.5, 0.6) is 23.0 Å². The molecule has 0 atom stereocenters. The van der Waals surface area contributed by atoms with Crippen molar-refractivity contribution in [1.82, 2.24) is 0 Å². The molecule has 0 aliphatic rings. The van der Waals surface area contributed by atoms with Gasteiger partial charge in [-0.15, -0.1) is 0 Å². The normalized spacial score (nSPS) is 12.9. The number of ether oxygens (including phenoxy) is 2. The van der Waals surface area contributed by atoms with Crippen molar-refractivity contribution in [2.45, 2.75) is 78.6 Å². The Morgan fingerprint density at radius 2 is 1.27 bits per heavy atom. The van der Waals surface area contributed by atoms with E-state index in [-0.39, 0.29) is 27.7 Å². The maximum atomic E-state index is 11.6. The molecule has 4 aromatic rings. The minimum Gasteiger partial charge on any atom is -0.508 e. The standard InChI is InChI=1S/C32H40O5/c1-30(2,3)20-15-24-18(14-23(20)33)27-26(25(36-11)16-22(29(27)37-24)32(7,8)9)19-12-17(35-10)13-21(28(19)34)31(4,5)6/h12-16,33-34H,1-11H3. The van der Waals surface area contributed by atoms with Crippen LogP contribution >= 0.6 is 0 Å². The molecule has 2 N–H and O–H groups in total. The van der Waals surface area contributed by atoms with Crippen molar-refractivity contribution in [3.05, 3.63) is 47.0 Å². The van der Waals surface area contributed by atoms with Crippen LogP contribution in [-0.2, 0) is 16.2 Å². The first-order chi connectivity index (χ1) is 17.0. The first-order valence-corrected chi connectivity index (χ1v) is 12.7. The average molecular weight is 505 g/mol. The Kier molecular flexibility index (Phi) is 6.22. The molecule has 37 heavy (non-hydrogen) atoms. The van der Waals surface area contributed by atoms with Crippen molar-refractivity contribution in [1.29, 1.82) is 0 Å². The molecule has 0 radical (unpaired) electrons. The fraction of sp³-hybridized carbons (Fsp3) is 0.438. The van der Waals surface area contributed by atoms with E-state index in [0.29, 0.717) is 33.8 Å². The molecule has 5 nitrogen and oxygen atoms in total. The van der Waals surface area contributed by atoms with Crippen molar-refractivity contribution in [2.75, 3.05) is 14.2 Å². The second-order valence-corrected chi connectivity index (χ2v) is 13.0. The molecular weight excluding hydrogens is 464 g/mol. The number of furan rings is 1. The number of phenolic OH excluding ortho intramolecular Hbond substituents is 2. The van der Waals surface area contributed by atoms with Gasteiger partial charge in [0.15, 0.2) is 0 Å². The van der Waals surface area contributed by atoms with Crippen molar-refractivity contribution in [3.63, 3.8) is 0 Å². The number of aromatic hydroxyl groups is 2. The quantitative estimate of drug-likeness (QED) is 0.292. The largest absolute Gasteiger partial charge is 0.508 e. The third-order valence-electron chi connectivity index (χ3n) is 7.06. The summed E-state index contributed by atoms with van der Waals surface area (Å²) < 4.78 is 18.2. The number of hydrogen-bond acceptors (Lipinski definition) is 5. The first kappa shape index (κ1) is 26.7. The number of hydrogen-bond donors (Lipinski definition) is 2. The summed E-state index contributed by atoms with van der Waals surface area (Å²) >= 11 is 0. The van der Waals surface area contributed by atoms with Crippen molar-refractivity contribution < 1.29 is 24.1 Å². The van der Waals surface area contributed by atoms with E-state index >= 15 is 0 Å². The molecule has 0 saturated heterocycles. The molecule has 4 rings (SSSR count). The monoisotopic (exact) mass is 504 g/mol. The van der Waals surface area contributed by atoms with Gasteiger partial charge >= 0.3 is 0 Å². The van der Waals surface area contributed by atoms with Gasteiger partial charge in [-0.25, -0.2) is 0 Å². The molecule has 1 aromatic heterocycles. The minimum absolute atomic E-state index is 0.168. The van der Waals surface area contributed by atoms with E-state index in [0.717, 1.165) is 27.5 Å². The van der Waals surface area contributed by atoms with Gasteiger partial charge in [0.1, 0.15) is 34.2 Å². The fourth-order valence-electron chi connectivity index (χ4n) is 5.04. The van der Waals surface area contributed by atoms with E-state index in [9.17, 15) is 10.2 Å². The lowest BCUT2D eigenvalue weighted by molar-refractivity contribution is 0.404. The summed E-state index contributed by atoms with van der Waals surface area (Å²) in [4.78, 5) is 0. The Labute approximate surface area is 220 Å². The third kappa shape index (κ3) is 4.49. The number of benzene rings is 3. The predicted molar refractivity (Wildman–Crippen MR) is 152 cm³/mol. The lowest BCUT2D eigenvalue weighted by Crippen LogP contribution is -2.13. The number of rotatable bonds is 3. The van der Waals surface area contributed by atoms with E-state index in [1.54, 1.807) is 20.3 Å². The summed E-state index contributed by atoms with van der Waals surface area (Å²) in [6, 6.07) is 9.42. The second kappa shape index (κ2) is 8.61. The summed E-state index contributed by atoms with van der Waals surface area (Å²) in [5, 5.41) is 24.3. The van der Waals surface area contributed by atoms with E-state index in [2.05, 4.69) is 62.3 Å².